The fourth-order valence-corrected chi connectivity index (χ4v) is 3.27. The van der Waals surface area contributed by atoms with Crippen LogP contribution in [-0.4, -0.2) is 34.7 Å². The molecule has 1 saturated heterocycles. The van der Waals surface area contributed by atoms with Crippen LogP contribution in [0.5, 0.6) is 5.75 Å². The summed E-state index contributed by atoms with van der Waals surface area (Å²) in [4.78, 5) is 29.3. The van der Waals surface area contributed by atoms with Crippen molar-refractivity contribution < 1.29 is 14.3 Å². The summed E-state index contributed by atoms with van der Waals surface area (Å²) < 4.78 is 5.24. The monoisotopic (exact) mass is 270 g/mol. The fourth-order valence-electron chi connectivity index (χ4n) is 3.27. The van der Waals surface area contributed by atoms with E-state index in [2.05, 4.69) is 4.98 Å². The van der Waals surface area contributed by atoms with E-state index in [1.165, 1.54) is 0 Å². The van der Waals surface area contributed by atoms with Gasteiger partial charge in [-0.2, -0.15) is 0 Å². The number of hydrogen-bond acceptors (Lipinski definition) is 3. The maximum Gasteiger partial charge on any atom is 0.223 e. The van der Waals surface area contributed by atoms with Gasteiger partial charge in [-0.1, -0.05) is 0 Å². The molecule has 1 N–H and O–H groups in total. The molecule has 5 heteroatoms. The van der Waals surface area contributed by atoms with E-state index in [0.29, 0.717) is 25.1 Å². The van der Waals surface area contributed by atoms with E-state index in [1.54, 1.807) is 12.0 Å². The van der Waals surface area contributed by atoms with Crippen molar-refractivity contribution in [1.29, 1.82) is 0 Å². The van der Waals surface area contributed by atoms with Gasteiger partial charge < -0.3 is 14.6 Å². The van der Waals surface area contributed by atoms with Gasteiger partial charge in [0, 0.05) is 29.4 Å². The molecule has 20 heavy (non-hydrogen) atoms. The van der Waals surface area contributed by atoms with Gasteiger partial charge in [0.05, 0.1) is 18.8 Å². The third kappa shape index (κ3) is 1.37. The molecule has 0 bridgehead atoms. The SMILES string of the molecule is COc1ccc2[nH]c3c(c2c1)CN1C(=O)CCC1C3=O. The topological polar surface area (TPSA) is 62.4 Å². The highest BCUT2D eigenvalue weighted by molar-refractivity contribution is 6.08. The van der Waals surface area contributed by atoms with Gasteiger partial charge in [0.2, 0.25) is 11.7 Å². The first kappa shape index (κ1) is 11.5. The average Bonchev–Trinajstić information content (AvgIpc) is 3.01. The van der Waals surface area contributed by atoms with Gasteiger partial charge >= 0.3 is 0 Å². The number of carbonyl (C=O) groups is 2. The minimum absolute atomic E-state index is 0.0345. The predicted molar refractivity (Wildman–Crippen MR) is 72.8 cm³/mol. The minimum atomic E-state index is -0.273. The molecule has 1 atom stereocenters. The largest absolute Gasteiger partial charge is 0.497 e. The Balaban J connectivity index is 1.92. The molecule has 0 saturated carbocycles. The van der Waals surface area contributed by atoms with Crippen LogP contribution in [0.1, 0.15) is 28.9 Å². The lowest BCUT2D eigenvalue weighted by molar-refractivity contribution is -0.129. The maximum atomic E-state index is 12.5. The number of benzene rings is 1. The third-order valence-corrected chi connectivity index (χ3v) is 4.32. The molecule has 0 spiro atoms. The van der Waals surface area contributed by atoms with Gasteiger partial charge in [0.1, 0.15) is 5.75 Å². The molecule has 1 amide bonds. The second-order valence-corrected chi connectivity index (χ2v) is 5.33. The number of rotatable bonds is 1. The van der Waals surface area contributed by atoms with Gasteiger partial charge in [-0.3, -0.25) is 9.59 Å². The standard InChI is InChI=1S/C15H14N2O3/c1-20-8-2-3-11-9(6-8)10-7-17-12(4-5-13(17)18)15(19)14(10)16-11/h2-3,6,12,16H,4-5,7H2,1H3. The minimum Gasteiger partial charge on any atom is -0.497 e. The van der Waals surface area contributed by atoms with Crippen molar-refractivity contribution >= 4 is 22.6 Å². The van der Waals surface area contributed by atoms with Crippen LogP contribution in [0.15, 0.2) is 18.2 Å². The van der Waals surface area contributed by atoms with E-state index in [0.717, 1.165) is 22.2 Å². The van der Waals surface area contributed by atoms with Crippen molar-refractivity contribution in [3.05, 3.63) is 29.5 Å². The molecule has 102 valence electrons. The summed E-state index contributed by atoms with van der Waals surface area (Å²) in [5, 5.41) is 0.964. The number of ether oxygens (including phenoxy) is 1. The first-order chi connectivity index (χ1) is 9.69. The van der Waals surface area contributed by atoms with Crippen LogP contribution in [0.25, 0.3) is 10.9 Å². The number of ketones is 1. The van der Waals surface area contributed by atoms with Gasteiger partial charge in [0.25, 0.3) is 0 Å². The van der Waals surface area contributed by atoms with Crippen LogP contribution < -0.4 is 4.74 Å². The summed E-state index contributed by atoms with van der Waals surface area (Å²) in [5.41, 5.74) is 2.48. The molecular weight excluding hydrogens is 256 g/mol. The molecule has 2 aromatic rings. The Hall–Kier alpha value is -2.30. The number of H-pyrrole nitrogens is 1. The first-order valence-electron chi connectivity index (χ1n) is 6.71. The summed E-state index contributed by atoms with van der Waals surface area (Å²) in [6.07, 6.45) is 1.11. The number of fused-ring (bicyclic) bond motifs is 4. The predicted octanol–water partition coefficient (Wildman–Crippen LogP) is 1.86. The Kier molecular flexibility index (Phi) is 2.22. The average molecular weight is 270 g/mol. The second kappa shape index (κ2) is 3.85. The highest BCUT2D eigenvalue weighted by Crippen LogP contribution is 2.35. The maximum absolute atomic E-state index is 12.5. The Morgan fingerprint density at radius 3 is 3.00 bits per heavy atom. The molecule has 2 aliphatic heterocycles. The summed E-state index contributed by atoms with van der Waals surface area (Å²) in [6, 6.07) is 5.41. The quantitative estimate of drug-likeness (QED) is 0.860. The van der Waals surface area contributed by atoms with Crippen molar-refractivity contribution in [3.8, 4) is 5.75 Å². The van der Waals surface area contributed by atoms with E-state index in [-0.39, 0.29) is 17.7 Å². The highest BCUT2D eigenvalue weighted by atomic mass is 16.5. The molecular formula is C15H14N2O3. The van der Waals surface area contributed by atoms with Crippen LogP contribution >= 0.6 is 0 Å². The van der Waals surface area contributed by atoms with E-state index in [4.69, 9.17) is 4.74 Å². The van der Waals surface area contributed by atoms with E-state index >= 15 is 0 Å². The molecule has 4 rings (SSSR count). The van der Waals surface area contributed by atoms with Gasteiger partial charge in [-0.05, 0) is 24.6 Å². The lowest BCUT2D eigenvalue weighted by Gasteiger charge is -2.28. The molecule has 1 unspecified atom stereocenters. The zero-order chi connectivity index (χ0) is 13.9. The Morgan fingerprint density at radius 1 is 1.35 bits per heavy atom. The molecule has 3 heterocycles. The second-order valence-electron chi connectivity index (χ2n) is 5.33. The summed E-state index contributed by atoms with van der Waals surface area (Å²) in [5.74, 6) is 0.861. The van der Waals surface area contributed by atoms with Gasteiger partial charge in [0.15, 0.2) is 0 Å². The smallest absolute Gasteiger partial charge is 0.223 e. The number of nitrogens with zero attached hydrogens (tertiary/aromatic N) is 1. The number of hydrogen-bond donors (Lipinski definition) is 1. The molecule has 1 aromatic carbocycles. The van der Waals surface area contributed by atoms with Crippen molar-refractivity contribution in [3.63, 3.8) is 0 Å². The highest BCUT2D eigenvalue weighted by Gasteiger charge is 2.42. The summed E-state index contributed by atoms with van der Waals surface area (Å²) in [6.45, 7) is 0.512. The van der Waals surface area contributed by atoms with Crippen molar-refractivity contribution in [1.82, 2.24) is 9.88 Å². The lowest BCUT2D eigenvalue weighted by Crippen LogP contribution is -2.42. The number of methoxy groups -OCH3 is 1. The Labute approximate surface area is 115 Å². The van der Waals surface area contributed by atoms with Crippen LogP contribution in [-0.2, 0) is 11.3 Å². The van der Waals surface area contributed by atoms with E-state index < -0.39 is 0 Å². The van der Waals surface area contributed by atoms with Crippen LogP contribution in [0.2, 0.25) is 0 Å². The first-order valence-corrected chi connectivity index (χ1v) is 6.71. The van der Waals surface area contributed by atoms with Gasteiger partial charge in [-0.25, -0.2) is 0 Å². The molecule has 1 aromatic heterocycles. The van der Waals surface area contributed by atoms with Crippen molar-refractivity contribution in [2.75, 3.05) is 7.11 Å². The Morgan fingerprint density at radius 2 is 2.20 bits per heavy atom. The zero-order valence-corrected chi connectivity index (χ0v) is 11.1. The number of carbonyl (C=O) groups excluding carboxylic acids is 2. The summed E-state index contributed by atoms with van der Waals surface area (Å²) in [7, 11) is 1.62. The van der Waals surface area contributed by atoms with Crippen LogP contribution in [0, 0.1) is 0 Å². The molecule has 1 fully saturated rings. The molecule has 0 radical (unpaired) electrons. The zero-order valence-electron chi connectivity index (χ0n) is 11.1. The van der Waals surface area contributed by atoms with Gasteiger partial charge in [-0.15, -0.1) is 0 Å². The Bertz CT molecular complexity index is 747. The fraction of sp³-hybridized carbons (Fsp3) is 0.333. The molecule has 0 aliphatic carbocycles. The molecule has 2 aliphatic rings. The van der Waals surface area contributed by atoms with E-state index in [9.17, 15) is 9.59 Å². The number of Topliss-reactive ketones (excluding diaryl/α,β-unsaturated/α-hetero) is 1. The van der Waals surface area contributed by atoms with E-state index in [1.807, 2.05) is 18.2 Å². The lowest BCUT2D eigenvalue weighted by atomic mass is 9.98. The van der Waals surface area contributed by atoms with Crippen LogP contribution in [0.3, 0.4) is 0 Å². The third-order valence-electron chi connectivity index (χ3n) is 4.32. The summed E-state index contributed by atoms with van der Waals surface area (Å²) >= 11 is 0. The molecule has 5 nitrogen and oxygen atoms in total. The number of amides is 1. The van der Waals surface area contributed by atoms with Crippen LogP contribution in [0.4, 0.5) is 0 Å². The van der Waals surface area contributed by atoms with Crippen molar-refractivity contribution in [2.24, 2.45) is 0 Å². The number of aromatic amines is 1. The number of aromatic nitrogens is 1. The van der Waals surface area contributed by atoms with Crippen molar-refractivity contribution in [2.45, 2.75) is 25.4 Å². The normalized spacial score (nSPS) is 21.2. The number of nitrogens with one attached hydrogen (secondary N) is 1.